The first-order valence-electron chi connectivity index (χ1n) is 6.67. The minimum absolute atomic E-state index is 0.0673. The molecule has 1 aliphatic rings. The van der Waals surface area contributed by atoms with Crippen molar-refractivity contribution in [1.82, 2.24) is 5.32 Å². The molecule has 0 aromatic heterocycles. The molecule has 2 rings (SSSR count). The van der Waals surface area contributed by atoms with E-state index in [1.165, 1.54) is 6.07 Å². The fourth-order valence-electron chi connectivity index (χ4n) is 2.16. The number of hydrogen-bond donors (Lipinski definition) is 1. The first-order chi connectivity index (χ1) is 9.40. The summed E-state index contributed by atoms with van der Waals surface area (Å²) in [5, 5.41) is 3.31. The van der Waals surface area contributed by atoms with E-state index in [9.17, 15) is 17.6 Å². The smallest absolute Gasteiger partial charge is 0.419 e. The summed E-state index contributed by atoms with van der Waals surface area (Å²) in [5.41, 5.74) is -1.28. The molecule has 0 atom stereocenters. The van der Waals surface area contributed by atoms with Gasteiger partial charge in [-0.2, -0.15) is 13.2 Å². The van der Waals surface area contributed by atoms with E-state index >= 15 is 0 Å². The van der Waals surface area contributed by atoms with Gasteiger partial charge < -0.3 is 10.1 Å². The largest absolute Gasteiger partial charge is 0.490 e. The number of rotatable bonds is 5. The lowest BCUT2D eigenvalue weighted by Crippen LogP contribution is -2.47. The molecule has 1 N–H and O–H groups in total. The molecule has 6 heteroatoms. The maximum absolute atomic E-state index is 13.1. The zero-order valence-electron chi connectivity index (χ0n) is 11.1. The molecule has 2 nitrogen and oxygen atoms in total. The number of halogens is 4. The summed E-state index contributed by atoms with van der Waals surface area (Å²) in [6, 6.07) is 3.12. The van der Waals surface area contributed by atoms with Crippen molar-refractivity contribution in [2.45, 2.75) is 44.5 Å². The van der Waals surface area contributed by atoms with E-state index < -0.39 is 17.6 Å². The Hall–Kier alpha value is -1.30. The predicted molar refractivity (Wildman–Crippen MR) is 67.1 cm³/mol. The highest BCUT2D eigenvalue weighted by Gasteiger charge is 2.35. The van der Waals surface area contributed by atoms with Gasteiger partial charge in [-0.05, 0) is 44.0 Å². The first-order valence-corrected chi connectivity index (χ1v) is 6.67. The Labute approximate surface area is 115 Å². The van der Waals surface area contributed by atoms with Gasteiger partial charge in [0, 0.05) is 6.04 Å². The van der Waals surface area contributed by atoms with E-state index in [0.717, 1.165) is 37.9 Å². The maximum atomic E-state index is 13.1. The Morgan fingerprint density at radius 2 is 2.00 bits per heavy atom. The highest BCUT2D eigenvalue weighted by molar-refractivity contribution is 5.32. The second kappa shape index (κ2) is 5.99. The van der Waals surface area contributed by atoms with Crippen molar-refractivity contribution in [1.29, 1.82) is 0 Å². The summed E-state index contributed by atoms with van der Waals surface area (Å²) in [7, 11) is 0. The lowest BCUT2D eigenvalue weighted by Gasteiger charge is -2.36. The number of ether oxygens (including phenoxy) is 1. The lowest BCUT2D eigenvalue weighted by molar-refractivity contribution is -0.140. The third kappa shape index (κ3) is 3.62. The predicted octanol–water partition coefficient (Wildman–Crippen LogP) is 3.75. The van der Waals surface area contributed by atoms with Crippen LogP contribution >= 0.6 is 0 Å². The molecule has 1 aromatic rings. The molecule has 0 bridgehead atoms. The Morgan fingerprint density at radius 3 is 2.60 bits per heavy atom. The van der Waals surface area contributed by atoms with Crippen LogP contribution in [-0.2, 0) is 6.18 Å². The van der Waals surface area contributed by atoms with E-state index in [1.807, 2.05) is 0 Å². The van der Waals surface area contributed by atoms with Gasteiger partial charge >= 0.3 is 6.18 Å². The van der Waals surface area contributed by atoms with Crippen LogP contribution in [0.1, 0.15) is 31.7 Å². The second-order valence-electron chi connectivity index (χ2n) is 5.00. The van der Waals surface area contributed by atoms with Crippen LogP contribution in [0, 0.1) is 5.82 Å². The quantitative estimate of drug-likeness (QED) is 0.834. The molecule has 112 valence electrons. The third-order valence-corrected chi connectivity index (χ3v) is 3.32. The topological polar surface area (TPSA) is 21.3 Å². The van der Waals surface area contributed by atoms with Gasteiger partial charge in [0.15, 0.2) is 0 Å². The zero-order chi connectivity index (χ0) is 14.8. The molecule has 0 unspecified atom stereocenters. The SMILES string of the molecule is CCCNC1CC(Oc2ccc(F)c(C(F)(F)F)c2)C1. The normalized spacial score (nSPS) is 22.4. The standard InChI is InChI=1S/C14H17F4NO/c1-2-5-19-9-6-11(7-9)20-10-3-4-13(15)12(8-10)14(16,17)18/h3-4,8-9,11,19H,2,5-7H2,1H3. The molecule has 0 aliphatic heterocycles. The Morgan fingerprint density at radius 1 is 1.30 bits per heavy atom. The molecule has 20 heavy (non-hydrogen) atoms. The van der Waals surface area contributed by atoms with E-state index in [-0.39, 0.29) is 11.9 Å². The molecule has 0 spiro atoms. The molecule has 1 fully saturated rings. The molecular formula is C14H17F4NO. The van der Waals surface area contributed by atoms with E-state index in [1.54, 1.807) is 0 Å². The summed E-state index contributed by atoms with van der Waals surface area (Å²) in [4.78, 5) is 0. The van der Waals surface area contributed by atoms with Crippen LogP contribution in [0.5, 0.6) is 5.75 Å². The van der Waals surface area contributed by atoms with Gasteiger partial charge in [-0.1, -0.05) is 6.92 Å². The van der Waals surface area contributed by atoms with Crippen molar-refractivity contribution in [3.63, 3.8) is 0 Å². The molecule has 1 saturated carbocycles. The fraction of sp³-hybridized carbons (Fsp3) is 0.571. The monoisotopic (exact) mass is 291 g/mol. The van der Waals surface area contributed by atoms with Crippen molar-refractivity contribution in [2.24, 2.45) is 0 Å². The molecule has 1 aliphatic carbocycles. The summed E-state index contributed by atoms with van der Waals surface area (Å²) < 4.78 is 56.2. The Bertz CT molecular complexity index is 455. The van der Waals surface area contributed by atoms with Crippen molar-refractivity contribution in [2.75, 3.05) is 6.54 Å². The maximum Gasteiger partial charge on any atom is 0.419 e. The third-order valence-electron chi connectivity index (χ3n) is 3.32. The molecule has 1 aromatic carbocycles. The van der Waals surface area contributed by atoms with Crippen LogP contribution in [0.4, 0.5) is 17.6 Å². The number of hydrogen-bond acceptors (Lipinski definition) is 2. The van der Waals surface area contributed by atoms with Gasteiger partial charge in [0.2, 0.25) is 0 Å². The van der Waals surface area contributed by atoms with Gasteiger partial charge in [-0.25, -0.2) is 4.39 Å². The lowest BCUT2D eigenvalue weighted by atomic mass is 9.89. The van der Waals surface area contributed by atoms with Gasteiger partial charge in [-0.15, -0.1) is 0 Å². The Kier molecular flexibility index (Phi) is 4.52. The zero-order valence-corrected chi connectivity index (χ0v) is 11.1. The summed E-state index contributed by atoms with van der Waals surface area (Å²) in [5.74, 6) is -1.21. The highest BCUT2D eigenvalue weighted by Crippen LogP contribution is 2.35. The summed E-state index contributed by atoms with van der Waals surface area (Å²) >= 11 is 0. The van der Waals surface area contributed by atoms with Crippen molar-refractivity contribution in [3.05, 3.63) is 29.6 Å². The van der Waals surface area contributed by atoms with Gasteiger partial charge in [-0.3, -0.25) is 0 Å². The van der Waals surface area contributed by atoms with E-state index in [2.05, 4.69) is 12.2 Å². The molecule has 0 saturated heterocycles. The van der Waals surface area contributed by atoms with Crippen molar-refractivity contribution < 1.29 is 22.3 Å². The fourth-order valence-corrected chi connectivity index (χ4v) is 2.16. The summed E-state index contributed by atoms with van der Waals surface area (Å²) in [6.07, 6.45) is -2.24. The Balaban J connectivity index is 1.92. The molecule has 0 amide bonds. The summed E-state index contributed by atoms with van der Waals surface area (Å²) in [6.45, 7) is 2.99. The minimum Gasteiger partial charge on any atom is -0.490 e. The van der Waals surface area contributed by atoms with Crippen molar-refractivity contribution >= 4 is 0 Å². The van der Waals surface area contributed by atoms with Crippen LogP contribution in [0.3, 0.4) is 0 Å². The van der Waals surface area contributed by atoms with Crippen molar-refractivity contribution in [3.8, 4) is 5.75 Å². The van der Waals surface area contributed by atoms with Crippen LogP contribution in [-0.4, -0.2) is 18.7 Å². The second-order valence-corrected chi connectivity index (χ2v) is 5.00. The average molecular weight is 291 g/mol. The minimum atomic E-state index is -4.70. The van der Waals surface area contributed by atoms with E-state index in [4.69, 9.17) is 4.74 Å². The molecular weight excluding hydrogens is 274 g/mol. The van der Waals surface area contributed by atoms with Crippen LogP contribution in [0.25, 0.3) is 0 Å². The average Bonchev–Trinajstić information content (AvgIpc) is 2.32. The number of benzene rings is 1. The van der Waals surface area contributed by atoms with Crippen LogP contribution < -0.4 is 10.1 Å². The number of nitrogens with one attached hydrogen (secondary N) is 1. The molecule has 0 heterocycles. The van der Waals surface area contributed by atoms with Gasteiger partial charge in [0.25, 0.3) is 0 Å². The van der Waals surface area contributed by atoms with Gasteiger partial charge in [0.1, 0.15) is 17.7 Å². The van der Waals surface area contributed by atoms with Crippen LogP contribution in [0.2, 0.25) is 0 Å². The molecule has 0 radical (unpaired) electrons. The van der Waals surface area contributed by atoms with Crippen LogP contribution in [0.15, 0.2) is 18.2 Å². The highest BCUT2D eigenvalue weighted by atomic mass is 19.4. The van der Waals surface area contributed by atoms with Gasteiger partial charge in [0.05, 0.1) is 5.56 Å². The number of alkyl halides is 3. The first kappa shape index (κ1) is 15.1. The van der Waals surface area contributed by atoms with E-state index in [0.29, 0.717) is 6.04 Å².